The average Bonchev–Trinajstić information content (AvgIpc) is 2.28. The van der Waals surface area contributed by atoms with Gasteiger partial charge in [-0.1, -0.05) is 26.0 Å². The third-order valence-electron chi connectivity index (χ3n) is 2.21. The lowest BCUT2D eigenvalue weighted by atomic mass is 10.2. The Morgan fingerprint density at radius 2 is 2.06 bits per heavy atom. The van der Waals surface area contributed by atoms with Gasteiger partial charge in [0, 0.05) is 16.6 Å². The zero-order valence-electron chi connectivity index (χ0n) is 10.6. The molecule has 0 radical (unpaired) electrons. The number of benzene rings is 1. The van der Waals surface area contributed by atoms with Crippen LogP contribution in [-0.4, -0.2) is 33.4 Å². The fourth-order valence-corrected chi connectivity index (χ4v) is 2.65. The number of hydrogen-bond acceptors (Lipinski definition) is 3. The minimum absolute atomic E-state index is 0.132. The Labute approximate surface area is 109 Å². The smallest absolute Gasteiger partial charge is 0.339 e. The molecule has 1 aromatic rings. The highest BCUT2D eigenvalue weighted by Gasteiger charge is 2.10. The summed E-state index contributed by atoms with van der Waals surface area (Å²) in [4.78, 5) is 10.9. The number of carboxylic acids is 1. The van der Waals surface area contributed by atoms with Crippen LogP contribution in [0.1, 0.15) is 24.2 Å². The van der Waals surface area contributed by atoms with Gasteiger partial charge in [0.2, 0.25) is 0 Å². The summed E-state index contributed by atoms with van der Waals surface area (Å²) in [5.74, 6) is 0.758. The molecule has 5 heteroatoms. The summed E-state index contributed by atoms with van der Waals surface area (Å²) in [7, 11) is -0.914. The van der Waals surface area contributed by atoms with Crippen LogP contribution in [0.4, 0.5) is 0 Å². The highest BCUT2D eigenvalue weighted by Crippen LogP contribution is 2.17. The second-order valence-electron chi connectivity index (χ2n) is 4.35. The molecule has 0 saturated heterocycles. The van der Waals surface area contributed by atoms with Crippen molar-refractivity contribution in [2.75, 3.05) is 18.1 Å². The molecule has 18 heavy (non-hydrogen) atoms. The topological polar surface area (TPSA) is 63.6 Å². The summed E-state index contributed by atoms with van der Waals surface area (Å²) in [6.45, 7) is 4.29. The number of carboxylic acid groups (broad SMARTS) is 1. The molecule has 4 nitrogen and oxygen atoms in total. The van der Waals surface area contributed by atoms with Gasteiger partial charge in [-0.15, -0.1) is 0 Å². The predicted molar refractivity (Wildman–Crippen MR) is 71.6 cm³/mol. The maximum absolute atomic E-state index is 11.6. The zero-order chi connectivity index (χ0) is 13.5. The second kappa shape index (κ2) is 7.16. The predicted octanol–water partition coefficient (Wildman–Crippen LogP) is 2.17. The van der Waals surface area contributed by atoms with Crippen LogP contribution in [0.3, 0.4) is 0 Å². The molecule has 100 valence electrons. The van der Waals surface area contributed by atoms with Crippen LogP contribution in [0.25, 0.3) is 0 Å². The Kier molecular flexibility index (Phi) is 5.85. The Bertz CT molecular complexity index is 429. The molecule has 0 bridgehead atoms. The van der Waals surface area contributed by atoms with E-state index >= 15 is 0 Å². The molecule has 0 saturated carbocycles. The lowest BCUT2D eigenvalue weighted by molar-refractivity contribution is 0.0692. The second-order valence-corrected chi connectivity index (χ2v) is 5.98. The van der Waals surface area contributed by atoms with Crippen molar-refractivity contribution < 1.29 is 18.8 Å². The van der Waals surface area contributed by atoms with Gasteiger partial charge in [0.15, 0.2) is 0 Å². The Balaban J connectivity index is 2.49. The third kappa shape index (κ3) is 4.87. The van der Waals surface area contributed by atoms with Gasteiger partial charge in [0.05, 0.1) is 12.4 Å². The van der Waals surface area contributed by atoms with Crippen molar-refractivity contribution in [2.24, 2.45) is 5.92 Å². The van der Waals surface area contributed by atoms with Crippen LogP contribution in [0.2, 0.25) is 0 Å². The number of para-hydroxylation sites is 1. The van der Waals surface area contributed by atoms with Gasteiger partial charge in [-0.05, 0) is 18.1 Å². The van der Waals surface area contributed by atoms with Gasteiger partial charge in [0.25, 0.3) is 0 Å². The summed E-state index contributed by atoms with van der Waals surface area (Å²) in [6, 6.07) is 6.46. The molecule has 0 aliphatic heterocycles. The van der Waals surface area contributed by atoms with E-state index in [0.29, 0.717) is 23.2 Å². The van der Waals surface area contributed by atoms with E-state index in [4.69, 9.17) is 9.84 Å². The van der Waals surface area contributed by atoms with E-state index in [0.717, 1.165) is 0 Å². The zero-order valence-corrected chi connectivity index (χ0v) is 11.4. The van der Waals surface area contributed by atoms with E-state index in [-0.39, 0.29) is 12.2 Å². The van der Waals surface area contributed by atoms with Crippen molar-refractivity contribution in [1.82, 2.24) is 0 Å². The van der Waals surface area contributed by atoms with Crippen molar-refractivity contribution in [2.45, 2.75) is 13.8 Å². The van der Waals surface area contributed by atoms with Crippen molar-refractivity contribution in [3.63, 3.8) is 0 Å². The van der Waals surface area contributed by atoms with Crippen LogP contribution in [0.15, 0.2) is 24.3 Å². The minimum Gasteiger partial charge on any atom is -0.492 e. The fourth-order valence-electron chi connectivity index (χ4n) is 1.47. The molecule has 0 amide bonds. The molecule has 0 aromatic heterocycles. The molecule has 0 aliphatic carbocycles. The van der Waals surface area contributed by atoms with Crippen LogP contribution in [0.5, 0.6) is 5.75 Å². The van der Waals surface area contributed by atoms with Crippen molar-refractivity contribution in [3.05, 3.63) is 29.8 Å². The molecule has 1 unspecified atom stereocenters. The molecule has 1 N–H and O–H groups in total. The van der Waals surface area contributed by atoms with Gasteiger partial charge in [-0.25, -0.2) is 4.79 Å². The van der Waals surface area contributed by atoms with Gasteiger partial charge in [0.1, 0.15) is 11.3 Å². The van der Waals surface area contributed by atoms with Crippen molar-refractivity contribution >= 4 is 16.8 Å². The highest BCUT2D eigenvalue weighted by molar-refractivity contribution is 7.85. The van der Waals surface area contributed by atoms with Gasteiger partial charge in [-0.3, -0.25) is 4.21 Å². The van der Waals surface area contributed by atoms with E-state index in [1.54, 1.807) is 18.2 Å². The minimum atomic E-state index is -1.02. The van der Waals surface area contributed by atoms with Gasteiger partial charge in [-0.2, -0.15) is 0 Å². The van der Waals surface area contributed by atoms with Crippen LogP contribution in [-0.2, 0) is 10.8 Å². The molecule has 1 aromatic carbocycles. The van der Waals surface area contributed by atoms with Crippen LogP contribution < -0.4 is 4.74 Å². The van der Waals surface area contributed by atoms with E-state index in [1.807, 2.05) is 13.8 Å². The van der Waals surface area contributed by atoms with Crippen molar-refractivity contribution in [1.29, 1.82) is 0 Å². The summed E-state index contributed by atoms with van der Waals surface area (Å²) in [6.07, 6.45) is 0. The first-order chi connectivity index (χ1) is 8.50. The van der Waals surface area contributed by atoms with E-state index in [1.165, 1.54) is 6.07 Å². The molecular weight excluding hydrogens is 252 g/mol. The monoisotopic (exact) mass is 270 g/mol. The largest absolute Gasteiger partial charge is 0.492 e. The maximum atomic E-state index is 11.6. The quantitative estimate of drug-likeness (QED) is 0.824. The fraction of sp³-hybridized carbons (Fsp3) is 0.462. The van der Waals surface area contributed by atoms with Gasteiger partial charge < -0.3 is 9.84 Å². The van der Waals surface area contributed by atoms with Gasteiger partial charge >= 0.3 is 5.97 Å². The summed E-state index contributed by atoms with van der Waals surface area (Å²) < 4.78 is 17.0. The Morgan fingerprint density at radius 3 is 2.67 bits per heavy atom. The third-order valence-corrected chi connectivity index (χ3v) is 3.87. The highest BCUT2D eigenvalue weighted by atomic mass is 32.2. The maximum Gasteiger partial charge on any atom is 0.339 e. The molecule has 0 heterocycles. The summed E-state index contributed by atoms with van der Waals surface area (Å²) in [5.41, 5.74) is 0.132. The lowest BCUT2D eigenvalue weighted by Crippen LogP contribution is -2.14. The molecule has 0 spiro atoms. The lowest BCUT2D eigenvalue weighted by Gasteiger charge is -2.09. The number of ether oxygens (including phenoxy) is 1. The number of aromatic carboxylic acids is 1. The normalized spacial score (nSPS) is 12.4. The van der Waals surface area contributed by atoms with E-state index < -0.39 is 16.8 Å². The Hall–Kier alpha value is -1.36. The number of rotatable bonds is 7. The first-order valence-corrected chi connectivity index (χ1v) is 7.29. The molecule has 0 aliphatic rings. The Morgan fingerprint density at radius 1 is 1.39 bits per heavy atom. The van der Waals surface area contributed by atoms with Crippen LogP contribution >= 0.6 is 0 Å². The summed E-state index contributed by atoms with van der Waals surface area (Å²) in [5, 5.41) is 8.95. The van der Waals surface area contributed by atoms with E-state index in [9.17, 15) is 9.00 Å². The molecule has 0 fully saturated rings. The SMILES string of the molecule is CC(C)CS(=O)CCOc1ccccc1C(=O)O. The van der Waals surface area contributed by atoms with Crippen LogP contribution in [0, 0.1) is 5.92 Å². The molecular formula is C13H18O4S. The molecule has 1 rings (SSSR count). The van der Waals surface area contributed by atoms with Crippen molar-refractivity contribution in [3.8, 4) is 5.75 Å². The standard InChI is InChI=1S/C13H18O4S/c1-10(2)9-18(16)8-7-17-12-6-4-3-5-11(12)13(14)15/h3-6,10H,7-9H2,1-2H3,(H,14,15). The number of carbonyl (C=O) groups is 1. The number of hydrogen-bond donors (Lipinski definition) is 1. The summed E-state index contributed by atoms with van der Waals surface area (Å²) >= 11 is 0. The van der Waals surface area contributed by atoms with E-state index in [2.05, 4.69) is 0 Å². The molecule has 1 atom stereocenters. The average molecular weight is 270 g/mol. The first kappa shape index (κ1) is 14.7. The first-order valence-electron chi connectivity index (χ1n) is 5.80.